The zero-order chi connectivity index (χ0) is 15.6. The summed E-state index contributed by atoms with van der Waals surface area (Å²) in [6, 6.07) is 5.97. The van der Waals surface area contributed by atoms with E-state index in [1.807, 2.05) is 20.8 Å². The third kappa shape index (κ3) is 3.00. The first kappa shape index (κ1) is 15.7. The van der Waals surface area contributed by atoms with E-state index in [4.69, 9.17) is 11.6 Å². The first-order valence-corrected chi connectivity index (χ1v) is 7.28. The Morgan fingerprint density at radius 3 is 2.52 bits per heavy atom. The molecule has 3 nitrogen and oxygen atoms in total. The zero-order valence-electron chi connectivity index (χ0n) is 12.4. The number of hydrogen-bond donors (Lipinski definition) is 0. The molecule has 0 unspecified atom stereocenters. The van der Waals surface area contributed by atoms with Gasteiger partial charge in [0.15, 0.2) is 5.78 Å². The molecule has 0 aliphatic rings. The van der Waals surface area contributed by atoms with E-state index in [0.717, 1.165) is 12.0 Å². The Hall–Kier alpha value is -1.68. The maximum absolute atomic E-state index is 13.1. The van der Waals surface area contributed by atoms with Crippen LogP contribution in [0.25, 0.3) is 0 Å². The zero-order valence-corrected chi connectivity index (χ0v) is 13.1. The van der Waals surface area contributed by atoms with Gasteiger partial charge in [0.25, 0.3) is 0 Å². The fraction of sp³-hybridized carbons (Fsp3) is 0.375. The molecule has 0 fully saturated rings. The molecule has 0 radical (unpaired) electrons. The van der Waals surface area contributed by atoms with Gasteiger partial charge in [0.05, 0.1) is 16.6 Å². The smallest absolute Gasteiger partial charge is 0.192 e. The van der Waals surface area contributed by atoms with Crippen molar-refractivity contribution < 1.29 is 9.18 Å². The molecule has 0 atom stereocenters. The molecule has 0 bridgehead atoms. The van der Waals surface area contributed by atoms with Crippen molar-refractivity contribution in [2.45, 2.75) is 39.2 Å². The summed E-state index contributed by atoms with van der Waals surface area (Å²) in [4.78, 5) is 12.9. The molecular weight excluding hydrogens is 291 g/mol. The number of benzene rings is 1. The van der Waals surface area contributed by atoms with Crippen LogP contribution < -0.4 is 0 Å². The van der Waals surface area contributed by atoms with Crippen molar-refractivity contribution in [1.82, 2.24) is 9.78 Å². The van der Waals surface area contributed by atoms with Gasteiger partial charge in [-0.2, -0.15) is 5.10 Å². The molecule has 2 aromatic rings. The predicted octanol–water partition coefficient (Wildman–Crippen LogP) is 4.25. The molecule has 1 aromatic heterocycles. The Bertz CT molecular complexity index is 647. The molecular formula is C16H18ClFN2O. The molecule has 0 saturated carbocycles. The second kappa shape index (κ2) is 5.98. The van der Waals surface area contributed by atoms with Crippen LogP contribution in [0.15, 0.2) is 30.5 Å². The van der Waals surface area contributed by atoms with Crippen LogP contribution in [-0.2, 0) is 12.0 Å². The van der Waals surface area contributed by atoms with Crippen LogP contribution in [0, 0.1) is 5.82 Å². The summed E-state index contributed by atoms with van der Waals surface area (Å²) in [5.74, 6) is -0.443. The molecule has 0 N–H and O–H groups in total. The van der Waals surface area contributed by atoms with Gasteiger partial charge >= 0.3 is 0 Å². The van der Waals surface area contributed by atoms with Crippen LogP contribution in [-0.4, -0.2) is 15.6 Å². The molecule has 0 amide bonds. The summed E-state index contributed by atoms with van der Waals surface area (Å²) in [6.07, 6.45) is 2.35. The van der Waals surface area contributed by atoms with E-state index in [0.29, 0.717) is 17.3 Å². The summed E-state index contributed by atoms with van der Waals surface area (Å²) < 4.78 is 14.7. The molecule has 2 rings (SSSR count). The van der Waals surface area contributed by atoms with E-state index in [1.165, 1.54) is 18.3 Å². The van der Waals surface area contributed by atoms with Gasteiger partial charge in [0.2, 0.25) is 0 Å². The van der Waals surface area contributed by atoms with Gasteiger partial charge in [-0.3, -0.25) is 9.48 Å². The Morgan fingerprint density at radius 1 is 1.33 bits per heavy atom. The number of carbonyl (C=O) groups excluding carboxylic acids is 1. The van der Waals surface area contributed by atoms with Crippen LogP contribution in [0.5, 0.6) is 0 Å². The number of carbonyl (C=O) groups is 1. The normalized spacial score (nSPS) is 11.7. The minimum Gasteiger partial charge on any atom is -0.291 e. The number of rotatable bonds is 5. The monoisotopic (exact) mass is 308 g/mol. The molecule has 5 heteroatoms. The van der Waals surface area contributed by atoms with Gasteiger partial charge in [-0.05, 0) is 38.0 Å². The quantitative estimate of drug-likeness (QED) is 0.774. The maximum Gasteiger partial charge on any atom is 0.192 e. The minimum atomic E-state index is -0.803. The van der Waals surface area contributed by atoms with Crippen molar-refractivity contribution in [3.05, 3.63) is 52.6 Å². The van der Waals surface area contributed by atoms with Crippen LogP contribution in [0.1, 0.15) is 43.2 Å². The molecule has 0 saturated heterocycles. The molecule has 0 aliphatic heterocycles. The highest BCUT2D eigenvalue weighted by atomic mass is 35.5. The number of hydrogen-bond acceptors (Lipinski definition) is 2. The van der Waals surface area contributed by atoms with E-state index in [2.05, 4.69) is 5.10 Å². The maximum atomic E-state index is 13.1. The highest BCUT2D eigenvalue weighted by molar-refractivity contribution is 6.34. The highest BCUT2D eigenvalue weighted by Crippen LogP contribution is 2.30. The molecule has 0 aliphatic carbocycles. The lowest BCUT2D eigenvalue weighted by Crippen LogP contribution is -2.31. The largest absolute Gasteiger partial charge is 0.291 e. The number of nitrogens with zero attached hydrogens (tertiary/aromatic N) is 2. The average molecular weight is 309 g/mol. The van der Waals surface area contributed by atoms with E-state index in [1.54, 1.807) is 16.8 Å². The SMILES string of the molecule is CCCn1ncc(Cl)c1C(=O)C(C)(C)c1ccc(F)cc1. The predicted molar refractivity (Wildman–Crippen MR) is 81.3 cm³/mol. The van der Waals surface area contributed by atoms with Gasteiger partial charge in [-0.1, -0.05) is 30.7 Å². The number of ketones is 1. The van der Waals surface area contributed by atoms with Gasteiger partial charge in [-0.25, -0.2) is 4.39 Å². The molecule has 21 heavy (non-hydrogen) atoms. The molecule has 0 spiro atoms. The second-order valence-corrected chi connectivity index (χ2v) is 5.93. The third-order valence-electron chi connectivity index (χ3n) is 3.58. The third-order valence-corrected chi connectivity index (χ3v) is 3.86. The van der Waals surface area contributed by atoms with Crippen LogP contribution in [0.4, 0.5) is 4.39 Å². The number of aryl methyl sites for hydroxylation is 1. The van der Waals surface area contributed by atoms with Crippen LogP contribution in [0.2, 0.25) is 5.02 Å². The van der Waals surface area contributed by atoms with Crippen molar-refractivity contribution in [1.29, 1.82) is 0 Å². The fourth-order valence-electron chi connectivity index (χ4n) is 2.26. The van der Waals surface area contributed by atoms with Crippen molar-refractivity contribution in [3.63, 3.8) is 0 Å². The minimum absolute atomic E-state index is 0.120. The van der Waals surface area contributed by atoms with E-state index < -0.39 is 5.41 Å². The van der Waals surface area contributed by atoms with E-state index in [-0.39, 0.29) is 11.6 Å². The summed E-state index contributed by atoms with van der Waals surface area (Å²) in [5, 5.41) is 4.50. The van der Waals surface area contributed by atoms with Crippen molar-refractivity contribution in [2.24, 2.45) is 0 Å². The van der Waals surface area contributed by atoms with Crippen LogP contribution in [0.3, 0.4) is 0 Å². The summed E-state index contributed by atoms with van der Waals surface area (Å²) in [6.45, 7) is 6.26. The van der Waals surface area contributed by atoms with Gasteiger partial charge in [0.1, 0.15) is 11.5 Å². The van der Waals surface area contributed by atoms with E-state index in [9.17, 15) is 9.18 Å². The Kier molecular flexibility index (Phi) is 4.47. The summed E-state index contributed by atoms with van der Waals surface area (Å²) in [7, 11) is 0. The lowest BCUT2D eigenvalue weighted by molar-refractivity contribution is 0.0897. The van der Waals surface area contributed by atoms with Crippen molar-refractivity contribution >= 4 is 17.4 Å². The number of Topliss-reactive ketones (excluding diaryl/α,β-unsaturated/α-hetero) is 1. The van der Waals surface area contributed by atoms with Crippen molar-refractivity contribution in [3.8, 4) is 0 Å². The standard InChI is InChI=1S/C16H18ClFN2O/c1-4-9-20-14(13(17)10-19-20)15(21)16(2,3)11-5-7-12(18)8-6-11/h5-8,10H,4,9H2,1-3H3. The molecule has 1 heterocycles. The highest BCUT2D eigenvalue weighted by Gasteiger charge is 2.34. The lowest BCUT2D eigenvalue weighted by atomic mass is 9.79. The first-order chi connectivity index (χ1) is 9.87. The van der Waals surface area contributed by atoms with Crippen LogP contribution >= 0.6 is 11.6 Å². The summed E-state index contributed by atoms with van der Waals surface area (Å²) in [5.41, 5.74) is 0.352. The Morgan fingerprint density at radius 2 is 1.95 bits per heavy atom. The average Bonchev–Trinajstić information content (AvgIpc) is 2.80. The van der Waals surface area contributed by atoms with Crippen molar-refractivity contribution in [2.75, 3.05) is 0 Å². The van der Waals surface area contributed by atoms with Gasteiger partial charge < -0.3 is 0 Å². The number of aromatic nitrogens is 2. The van der Waals surface area contributed by atoms with Gasteiger partial charge in [0, 0.05) is 6.54 Å². The Balaban J connectivity index is 2.42. The topological polar surface area (TPSA) is 34.9 Å². The Labute approximate surface area is 128 Å². The fourth-order valence-corrected chi connectivity index (χ4v) is 2.49. The number of halogens is 2. The molecule has 112 valence electrons. The second-order valence-electron chi connectivity index (χ2n) is 5.53. The van der Waals surface area contributed by atoms with Gasteiger partial charge in [-0.15, -0.1) is 0 Å². The van der Waals surface area contributed by atoms with E-state index >= 15 is 0 Å². The lowest BCUT2D eigenvalue weighted by Gasteiger charge is -2.24. The summed E-state index contributed by atoms with van der Waals surface area (Å²) >= 11 is 6.13. The first-order valence-electron chi connectivity index (χ1n) is 6.90. The molecule has 1 aromatic carbocycles.